The van der Waals surface area contributed by atoms with Crippen LogP contribution in [0.4, 0.5) is 5.69 Å². The average molecular weight is 357 g/mol. The fourth-order valence-corrected chi connectivity index (χ4v) is 2.69. The molecule has 6 heteroatoms. The van der Waals surface area contributed by atoms with E-state index in [-0.39, 0.29) is 5.56 Å². The summed E-state index contributed by atoms with van der Waals surface area (Å²) in [6.45, 7) is 0. The Balaban J connectivity index is 2.24. The monoisotopic (exact) mass is 355 g/mol. The zero-order valence-electron chi connectivity index (χ0n) is 10.4. The fraction of sp³-hybridized carbons (Fsp3) is 0. The first-order valence-corrected chi connectivity index (χ1v) is 7.21. The van der Waals surface area contributed by atoms with Crippen LogP contribution in [0.2, 0.25) is 20.1 Å². The molecule has 2 nitrogen and oxygen atoms in total. The number of benzene rings is 2. The molecule has 1 radical (unpaired) electrons. The Hall–Kier alpha value is -1.37. The third-order valence-electron chi connectivity index (χ3n) is 2.50. The van der Waals surface area contributed by atoms with E-state index >= 15 is 0 Å². The molecule has 0 saturated carbocycles. The SMILES string of the molecule is N#Cc1[c]c(Cl)cc(Cl)c1C=CNc1cc(Cl)cc(Cl)c1. The lowest BCUT2D eigenvalue weighted by Gasteiger charge is -2.04. The molecule has 0 heterocycles. The number of anilines is 1. The smallest absolute Gasteiger partial charge is 0.101 e. The van der Waals surface area contributed by atoms with Crippen molar-refractivity contribution in [3.05, 3.63) is 67.7 Å². The molecular formula is C15H7Cl4N2. The highest BCUT2D eigenvalue weighted by atomic mass is 35.5. The molecule has 0 aliphatic rings. The zero-order valence-corrected chi connectivity index (χ0v) is 13.4. The zero-order chi connectivity index (χ0) is 15.4. The van der Waals surface area contributed by atoms with E-state index in [2.05, 4.69) is 11.4 Å². The minimum absolute atomic E-state index is 0.273. The van der Waals surface area contributed by atoms with Crippen LogP contribution in [-0.4, -0.2) is 0 Å². The number of rotatable bonds is 3. The minimum Gasteiger partial charge on any atom is -0.362 e. The van der Waals surface area contributed by atoms with Crippen molar-refractivity contribution in [3.63, 3.8) is 0 Å². The summed E-state index contributed by atoms with van der Waals surface area (Å²) in [5, 5.41) is 13.8. The van der Waals surface area contributed by atoms with Crippen molar-refractivity contribution in [3.8, 4) is 6.07 Å². The van der Waals surface area contributed by atoms with Gasteiger partial charge in [-0.25, -0.2) is 0 Å². The second-order valence-corrected chi connectivity index (χ2v) is 5.69. The van der Waals surface area contributed by atoms with Gasteiger partial charge in [0.15, 0.2) is 0 Å². The maximum absolute atomic E-state index is 9.07. The van der Waals surface area contributed by atoms with E-state index in [9.17, 15) is 0 Å². The Kier molecular flexibility index (Phi) is 5.39. The molecule has 0 aromatic heterocycles. The fourth-order valence-electron chi connectivity index (χ4n) is 1.64. The van der Waals surface area contributed by atoms with E-state index < -0.39 is 0 Å². The molecule has 0 unspecified atom stereocenters. The van der Waals surface area contributed by atoms with Gasteiger partial charge in [0, 0.05) is 33.6 Å². The number of nitrogens with zero attached hydrogens (tertiary/aromatic N) is 1. The maximum Gasteiger partial charge on any atom is 0.101 e. The van der Waals surface area contributed by atoms with E-state index in [1.165, 1.54) is 6.07 Å². The Bertz CT molecular complexity index is 728. The molecule has 0 saturated heterocycles. The van der Waals surface area contributed by atoms with E-state index in [1.807, 2.05) is 6.07 Å². The van der Waals surface area contributed by atoms with Crippen LogP contribution in [-0.2, 0) is 0 Å². The van der Waals surface area contributed by atoms with E-state index in [4.69, 9.17) is 51.7 Å². The average Bonchev–Trinajstić information content (AvgIpc) is 2.39. The van der Waals surface area contributed by atoms with Gasteiger partial charge in [-0.1, -0.05) is 46.4 Å². The highest BCUT2D eigenvalue weighted by Crippen LogP contribution is 2.26. The highest BCUT2D eigenvalue weighted by molar-refractivity contribution is 6.36. The summed E-state index contributed by atoms with van der Waals surface area (Å²) in [5.41, 5.74) is 1.52. The topological polar surface area (TPSA) is 35.8 Å². The van der Waals surface area contributed by atoms with Crippen LogP contribution in [0.25, 0.3) is 6.08 Å². The minimum atomic E-state index is 0.273. The van der Waals surface area contributed by atoms with Gasteiger partial charge in [-0.2, -0.15) is 5.26 Å². The first-order valence-electron chi connectivity index (χ1n) is 5.70. The van der Waals surface area contributed by atoms with Gasteiger partial charge >= 0.3 is 0 Å². The first-order chi connectivity index (χ1) is 9.99. The van der Waals surface area contributed by atoms with Crippen LogP contribution in [0, 0.1) is 17.4 Å². The molecule has 0 spiro atoms. The number of hydrogen-bond donors (Lipinski definition) is 1. The first kappa shape index (κ1) is 16.0. The number of nitrogens with one attached hydrogen (secondary N) is 1. The molecule has 105 valence electrons. The van der Waals surface area contributed by atoms with E-state index in [1.54, 1.807) is 30.5 Å². The van der Waals surface area contributed by atoms with E-state index in [0.717, 1.165) is 5.69 Å². The molecule has 2 aromatic carbocycles. The van der Waals surface area contributed by atoms with Crippen LogP contribution in [0.3, 0.4) is 0 Å². The van der Waals surface area contributed by atoms with Crippen LogP contribution in [0.1, 0.15) is 11.1 Å². The third-order valence-corrected chi connectivity index (χ3v) is 3.45. The number of nitriles is 1. The lowest BCUT2D eigenvalue weighted by Crippen LogP contribution is -1.90. The van der Waals surface area contributed by atoms with Crippen molar-refractivity contribution in [2.45, 2.75) is 0 Å². The van der Waals surface area contributed by atoms with Crippen molar-refractivity contribution in [1.29, 1.82) is 5.26 Å². The van der Waals surface area contributed by atoms with Crippen molar-refractivity contribution in [1.82, 2.24) is 0 Å². The van der Waals surface area contributed by atoms with E-state index in [0.29, 0.717) is 25.7 Å². The van der Waals surface area contributed by atoms with Gasteiger partial charge in [0.05, 0.1) is 15.6 Å². The molecule has 1 N–H and O–H groups in total. The Morgan fingerprint density at radius 3 is 2.33 bits per heavy atom. The standard InChI is InChI=1S/C15H7Cl4N2/c16-10-3-9(8-20)14(15(19)7-10)1-2-21-13-5-11(17)4-12(18)6-13/h1-2,4-7,21H. The Labute approximate surface area is 142 Å². The molecular weight excluding hydrogens is 350 g/mol. The second kappa shape index (κ2) is 7.06. The van der Waals surface area contributed by atoms with Gasteiger partial charge in [-0.15, -0.1) is 0 Å². The van der Waals surface area contributed by atoms with Crippen molar-refractivity contribution in [2.75, 3.05) is 5.32 Å². The lowest BCUT2D eigenvalue weighted by molar-refractivity contribution is 1.46. The maximum atomic E-state index is 9.07. The number of halogens is 4. The Morgan fingerprint density at radius 1 is 1.05 bits per heavy atom. The van der Waals surface area contributed by atoms with Crippen molar-refractivity contribution < 1.29 is 0 Å². The van der Waals surface area contributed by atoms with Gasteiger partial charge in [-0.3, -0.25) is 0 Å². The Morgan fingerprint density at radius 2 is 1.71 bits per heavy atom. The van der Waals surface area contributed by atoms with Crippen LogP contribution < -0.4 is 5.32 Å². The molecule has 0 atom stereocenters. The lowest BCUT2D eigenvalue weighted by atomic mass is 10.1. The predicted molar refractivity (Wildman–Crippen MR) is 89.1 cm³/mol. The molecule has 0 aliphatic heterocycles. The van der Waals surface area contributed by atoms with Crippen LogP contribution in [0.5, 0.6) is 0 Å². The third kappa shape index (κ3) is 4.30. The number of hydrogen-bond acceptors (Lipinski definition) is 2. The van der Waals surface area contributed by atoms with Crippen molar-refractivity contribution >= 4 is 58.2 Å². The molecule has 0 fully saturated rings. The van der Waals surface area contributed by atoms with Gasteiger partial charge in [0.2, 0.25) is 0 Å². The van der Waals surface area contributed by atoms with Crippen LogP contribution >= 0.6 is 46.4 Å². The summed E-state index contributed by atoms with van der Waals surface area (Å²) in [7, 11) is 0. The highest BCUT2D eigenvalue weighted by Gasteiger charge is 2.06. The summed E-state index contributed by atoms with van der Waals surface area (Å²) >= 11 is 23.7. The van der Waals surface area contributed by atoms with Gasteiger partial charge in [-0.05, 0) is 30.3 Å². The molecule has 2 rings (SSSR count). The summed E-state index contributed by atoms with van der Waals surface area (Å²) < 4.78 is 0. The predicted octanol–water partition coefficient (Wildman–Crippen LogP) is 6.05. The summed E-state index contributed by atoms with van der Waals surface area (Å²) in [6, 6.07) is 11.3. The van der Waals surface area contributed by atoms with Crippen LogP contribution in [0.15, 0.2) is 30.5 Å². The summed E-state index contributed by atoms with van der Waals surface area (Å²) in [6.07, 6.45) is 3.29. The molecule has 0 aliphatic carbocycles. The largest absolute Gasteiger partial charge is 0.362 e. The molecule has 0 bridgehead atoms. The summed E-state index contributed by atoms with van der Waals surface area (Å²) in [4.78, 5) is 0. The second-order valence-electron chi connectivity index (χ2n) is 4.00. The molecule has 0 amide bonds. The van der Waals surface area contributed by atoms with Gasteiger partial charge < -0.3 is 5.32 Å². The van der Waals surface area contributed by atoms with Crippen molar-refractivity contribution in [2.24, 2.45) is 0 Å². The summed E-state index contributed by atoms with van der Waals surface area (Å²) in [5.74, 6) is 0. The van der Waals surface area contributed by atoms with Gasteiger partial charge in [0.25, 0.3) is 0 Å². The normalized spacial score (nSPS) is 10.6. The molecule has 2 aromatic rings. The van der Waals surface area contributed by atoms with Gasteiger partial charge in [0.1, 0.15) is 6.07 Å². The quantitative estimate of drug-likeness (QED) is 0.725. The molecule has 21 heavy (non-hydrogen) atoms.